The lowest BCUT2D eigenvalue weighted by Gasteiger charge is -2.46. The van der Waals surface area contributed by atoms with Crippen LogP contribution < -0.4 is 5.32 Å². The van der Waals surface area contributed by atoms with Gasteiger partial charge in [-0.15, -0.1) is 0 Å². The molecule has 3 fully saturated rings. The van der Waals surface area contributed by atoms with E-state index in [1.807, 2.05) is 0 Å². The fourth-order valence-electron chi connectivity index (χ4n) is 1.94. The molecule has 0 amide bonds. The van der Waals surface area contributed by atoms with Crippen LogP contribution in [0.1, 0.15) is 19.3 Å². The van der Waals surface area contributed by atoms with Gasteiger partial charge in [-0.2, -0.15) is 0 Å². The van der Waals surface area contributed by atoms with E-state index in [0.29, 0.717) is 6.04 Å². The summed E-state index contributed by atoms with van der Waals surface area (Å²) in [6.07, 6.45) is 3.00. The summed E-state index contributed by atoms with van der Waals surface area (Å²) in [4.78, 5) is 10.5. The minimum atomic E-state index is -0.629. The molecule has 2 N–H and O–H groups in total. The Hall–Kier alpha value is -0.570. The van der Waals surface area contributed by atoms with Gasteiger partial charge in [0.1, 0.15) is 0 Å². The lowest BCUT2D eigenvalue weighted by atomic mass is 9.75. The summed E-state index contributed by atoms with van der Waals surface area (Å²) in [7, 11) is 0. The van der Waals surface area contributed by atoms with E-state index in [1.165, 1.54) is 0 Å². The van der Waals surface area contributed by atoms with E-state index in [0.717, 1.165) is 19.3 Å². The van der Waals surface area contributed by atoms with Crippen LogP contribution in [0.4, 0.5) is 0 Å². The van der Waals surface area contributed by atoms with Crippen molar-refractivity contribution in [3.8, 4) is 0 Å². The molecule has 10 heavy (non-hydrogen) atoms. The van der Waals surface area contributed by atoms with E-state index in [4.69, 9.17) is 5.11 Å². The van der Waals surface area contributed by atoms with Crippen LogP contribution in [0.5, 0.6) is 0 Å². The number of hydrogen-bond acceptors (Lipinski definition) is 2. The molecule has 3 nitrogen and oxygen atoms in total. The quantitative estimate of drug-likeness (QED) is 0.549. The van der Waals surface area contributed by atoms with Gasteiger partial charge in [-0.25, -0.2) is 0 Å². The smallest absolute Gasteiger partial charge is 0.308 e. The van der Waals surface area contributed by atoms with Gasteiger partial charge in [0.15, 0.2) is 0 Å². The number of carboxylic acids is 1. The first-order valence-electron chi connectivity index (χ1n) is 3.76. The molecular formula is C7H11NO2. The first-order valence-corrected chi connectivity index (χ1v) is 3.76. The van der Waals surface area contributed by atoms with E-state index in [1.54, 1.807) is 0 Å². The average molecular weight is 141 g/mol. The maximum atomic E-state index is 10.5. The predicted molar refractivity (Wildman–Crippen MR) is 35.7 cm³/mol. The van der Waals surface area contributed by atoms with Crippen LogP contribution in [-0.2, 0) is 4.79 Å². The molecule has 3 aliphatic rings. The minimum absolute atomic E-state index is 0.106. The third kappa shape index (κ3) is 0.736. The van der Waals surface area contributed by atoms with E-state index < -0.39 is 5.97 Å². The molecule has 1 saturated carbocycles. The highest BCUT2D eigenvalue weighted by Gasteiger charge is 2.42. The molecule has 0 aromatic carbocycles. The van der Waals surface area contributed by atoms with Gasteiger partial charge in [-0.05, 0) is 19.3 Å². The first-order chi connectivity index (χ1) is 4.77. The summed E-state index contributed by atoms with van der Waals surface area (Å²) in [5.74, 6) is -0.736. The Morgan fingerprint density at radius 3 is 2.50 bits per heavy atom. The van der Waals surface area contributed by atoms with E-state index in [9.17, 15) is 4.79 Å². The Kier molecular flexibility index (Phi) is 1.20. The summed E-state index contributed by atoms with van der Waals surface area (Å²) in [5, 5.41) is 11.9. The number of nitrogens with one attached hydrogen (secondary N) is 1. The third-order valence-corrected chi connectivity index (χ3v) is 2.62. The Labute approximate surface area is 59.4 Å². The van der Waals surface area contributed by atoms with Gasteiger partial charge in [0, 0.05) is 12.1 Å². The molecule has 0 spiro atoms. The van der Waals surface area contributed by atoms with E-state index in [-0.39, 0.29) is 12.0 Å². The molecule has 2 saturated heterocycles. The minimum Gasteiger partial charge on any atom is -0.481 e. The maximum absolute atomic E-state index is 10.5. The summed E-state index contributed by atoms with van der Waals surface area (Å²) < 4.78 is 0. The van der Waals surface area contributed by atoms with Crippen molar-refractivity contribution in [1.29, 1.82) is 0 Å². The van der Waals surface area contributed by atoms with Crippen LogP contribution in [0.25, 0.3) is 0 Å². The largest absolute Gasteiger partial charge is 0.481 e. The topological polar surface area (TPSA) is 49.3 Å². The molecule has 0 aromatic rings. The van der Waals surface area contributed by atoms with Crippen molar-refractivity contribution in [1.82, 2.24) is 5.32 Å². The van der Waals surface area contributed by atoms with E-state index in [2.05, 4.69) is 5.32 Å². The first kappa shape index (κ1) is 6.16. The van der Waals surface area contributed by atoms with Gasteiger partial charge in [-0.3, -0.25) is 4.79 Å². The lowest BCUT2D eigenvalue weighted by molar-refractivity contribution is -0.146. The van der Waals surface area contributed by atoms with Gasteiger partial charge < -0.3 is 10.4 Å². The van der Waals surface area contributed by atoms with Crippen molar-refractivity contribution < 1.29 is 9.90 Å². The maximum Gasteiger partial charge on any atom is 0.308 e. The highest BCUT2D eigenvalue weighted by Crippen LogP contribution is 2.32. The van der Waals surface area contributed by atoms with Crippen molar-refractivity contribution in [3.05, 3.63) is 0 Å². The molecule has 3 atom stereocenters. The number of rotatable bonds is 1. The van der Waals surface area contributed by atoms with Crippen LogP contribution in [0.15, 0.2) is 0 Å². The van der Waals surface area contributed by atoms with Crippen molar-refractivity contribution >= 4 is 5.97 Å². The zero-order valence-electron chi connectivity index (χ0n) is 5.71. The SMILES string of the molecule is O=C(O)[C@H]1CCC2C[C@H]1N2. The van der Waals surface area contributed by atoms with Crippen LogP contribution in [0.2, 0.25) is 0 Å². The van der Waals surface area contributed by atoms with Gasteiger partial charge >= 0.3 is 5.97 Å². The molecule has 2 aliphatic heterocycles. The summed E-state index contributed by atoms with van der Waals surface area (Å²) in [5.41, 5.74) is 0. The fourth-order valence-corrected chi connectivity index (χ4v) is 1.94. The predicted octanol–water partition coefficient (Wildman–Crippen LogP) is 0.212. The average Bonchev–Trinajstić information content (AvgIpc) is 1.86. The second-order valence-corrected chi connectivity index (χ2v) is 3.23. The van der Waals surface area contributed by atoms with Crippen molar-refractivity contribution in [3.63, 3.8) is 0 Å². The zero-order valence-corrected chi connectivity index (χ0v) is 5.71. The Balaban J connectivity index is 2.02. The fraction of sp³-hybridized carbons (Fsp3) is 0.857. The summed E-state index contributed by atoms with van der Waals surface area (Å²) in [6.45, 7) is 0. The standard InChI is InChI=1S/C7H11NO2/c9-7(10)5-2-1-4-3-6(5)8-4/h4-6,8H,1-3H2,(H,9,10)/t4?,5-,6+/m0/s1. The highest BCUT2D eigenvalue weighted by molar-refractivity contribution is 5.71. The Morgan fingerprint density at radius 1 is 1.50 bits per heavy atom. The number of piperidine rings is 1. The van der Waals surface area contributed by atoms with Crippen molar-refractivity contribution in [2.75, 3.05) is 0 Å². The summed E-state index contributed by atoms with van der Waals surface area (Å²) >= 11 is 0. The molecule has 56 valence electrons. The molecule has 2 heterocycles. The molecule has 1 unspecified atom stereocenters. The van der Waals surface area contributed by atoms with Crippen LogP contribution >= 0.6 is 0 Å². The normalized spacial score (nSPS) is 44.2. The molecule has 0 radical (unpaired) electrons. The Bertz CT molecular complexity index is 160. The van der Waals surface area contributed by atoms with Gasteiger partial charge in [0.25, 0.3) is 0 Å². The molecule has 1 aliphatic carbocycles. The van der Waals surface area contributed by atoms with Gasteiger partial charge in [0.05, 0.1) is 5.92 Å². The molecular weight excluding hydrogens is 130 g/mol. The van der Waals surface area contributed by atoms with Crippen molar-refractivity contribution in [2.45, 2.75) is 31.3 Å². The number of aliphatic carboxylic acids is 1. The Morgan fingerprint density at radius 2 is 2.20 bits per heavy atom. The van der Waals surface area contributed by atoms with Crippen LogP contribution in [-0.4, -0.2) is 23.2 Å². The van der Waals surface area contributed by atoms with E-state index >= 15 is 0 Å². The second-order valence-electron chi connectivity index (χ2n) is 3.23. The molecule has 0 aromatic heterocycles. The van der Waals surface area contributed by atoms with Crippen LogP contribution in [0, 0.1) is 5.92 Å². The number of hydrogen-bond donors (Lipinski definition) is 2. The number of fused-ring (bicyclic) bond motifs is 2. The number of carbonyl (C=O) groups is 1. The van der Waals surface area contributed by atoms with Gasteiger partial charge in [0.2, 0.25) is 0 Å². The highest BCUT2D eigenvalue weighted by atomic mass is 16.4. The third-order valence-electron chi connectivity index (χ3n) is 2.62. The van der Waals surface area contributed by atoms with Gasteiger partial charge in [-0.1, -0.05) is 0 Å². The monoisotopic (exact) mass is 141 g/mol. The van der Waals surface area contributed by atoms with Crippen LogP contribution in [0.3, 0.4) is 0 Å². The summed E-state index contributed by atoms with van der Waals surface area (Å²) in [6, 6.07) is 0.928. The lowest BCUT2D eigenvalue weighted by Crippen LogP contribution is -2.61. The molecule has 2 bridgehead atoms. The molecule has 3 rings (SSSR count). The van der Waals surface area contributed by atoms with Crippen molar-refractivity contribution in [2.24, 2.45) is 5.92 Å². The number of carboxylic acid groups (broad SMARTS) is 1. The zero-order chi connectivity index (χ0) is 7.14. The molecule has 3 heteroatoms. The second kappa shape index (κ2) is 1.95.